The SMILES string of the molecule is CC1OCC(CCO)NC1=O. The summed E-state index contributed by atoms with van der Waals surface area (Å²) in [5, 5.41) is 11.3. The lowest BCUT2D eigenvalue weighted by Crippen LogP contribution is -2.50. The first-order chi connectivity index (χ1) is 5.24. The van der Waals surface area contributed by atoms with Gasteiger partial charge in [-0.3, -0.25) is 4.79 Å². The van der Waals surface area contributed by atoms with E-state index in [1.165, 1.54) is 0 Å². The summed E-state index contributed by atoms with van der Waals surface area (Å²) in [4.78, 5) is 11.0. The van der Waals surface area contributed by atoms with Crippen molar-refractivity contribution in [2.75, 3.05) is 13.2 Å². The molecule has 1 heterocycles. The Morgan fingerprint density at radius 1 is 1.82 bits per heavy atom. The van der Waals surface area contributed by atoms with E-state index in [1.807, 2.05) is 0 Å². The first-order valence-corrected chi connectivity index (χ1v) is 3.77. The fourth-order valence-electron chi connectivity index (χ4n) is 1.01. The quantitative estimate of drug-likeness (QED) is 0.558. The number of hydrogen-bond acceptors (Lipinski definition) is 3. The van der Waals surface area contributed by atoms with Crippen molar-refractivity contribution in [3.8, 4) is 0 Å². The third-order valence-electron chi connectivity index (χ3n) is 1.74. The summed E-state index contributed by atoms with van der Waals surface area (Å²) in [6.45, 7) is 2.31. The zero-order valence-electron chi connectivity index (χ0n) is 6.54. The molecule has 0 aromatic heterocycles. The van der Waals surface area contributed by atoms with Gasteiger partial charge in [-0.1, -0.05) is 0 Å². The van der Waals surface area contributed by atoms with Gasteiger partial charge in [0.2, 0.25) is 5.91 Å². The molecule has 4 heteroatoms. The monoisotopic (exact) mass is 159 g/mol. The summed E-state index contributed by atoms with van der Waals surface area (Å²) >= 11 is 0. The molecule has 1 amide bonds. The van der Waals surface area contributed by atoms with Gasteiger partial charge in [0.25, 0.3) is 0 Å². The fraction of sp³-hybridized carbons (Fsp3) is 0.857. The Balaban J connectivity index is 2.34. The van der Waals surface area contributed by atoms with Crippen LogP contribution in [0.25, 0.3) is 0 Å². The number of ether oxygens (including phenoxy) is 1. The van der Waals surface area contributed by atoms with Crippen molar-refractivity contribution >= 4 is 5.91 Å². The van der Waals surface area contributed by atoms with E-state index in [9.17, 15) is 4.79 Å². The number of aliphatic hydroxyl groups is 1. The van der Waals surface area contributed by atoms with E-state index in [0.717, 1.165) is 0 Å². The second-order valence-corrected chi connectivity index (χ2v) is 2.69. The molecule has 1 aliphatic heterocycles. The van der Waals surface area contributed by atoms with E-state index >= 15 is 0 Å². The molecular weight excluding hydrogens is 146 g/mol. The van der Waals surface area contributed by atoms with E-state index in [1.54, 1.807) is 6.92 Å². The highest BCUT2D eigenvalue weighted by Gasteiger charge is 2.24. The summed E-state index contributed by atoms with van der Waals surface area (Å²) in [6.07, 6.45) is 0.225. The fourth-order valence-corrected chi connectivity index (χ4v) is 1.01. The smallest absolute Gasteiger partial charge is 0.249 e. The van der Waals surface area contributed by atoms with Crippen LogP contribution in [0.2, 0.25) is 0 Å². The molecule has 0 aromatic carbocycles. The maximum absolute atomic E-state index is 11.0. The number of carbonyl (C=O) groups is 1. The molecule has 2 unspecified atom stereocenters. The molecule has 0 saturated carbocycles. The van der Waals surface area contributed by atoms with Crippen molar-refractivity contribution in [3.63, 3.8) is 0 Å². The number of nitrogens with one attached hydrogen (secondary N) is 1. The molecule has 1 fully saturated rings. The third kappa shape index (κ3) is 2.17. The Hall–Kier alpha value is -0.610. The summed E-state index contributed by atoms with van der Waals surface area (Å²) in [5.74, 6) is -0.0882. The summed E-state index contributed by atoms with van der Waals surface area (Å²) in [5.41, 5.74) is 0. The second kappa shape index (κ2) is 3.69. The Bertz CT molecular complexity index is 149. The van der Waals surface area contributed by atoms with Crippen LogP contribution in [0.15, 0.2) is 0 Å². The lowest BCUT2D eigenvalue weighted by Gasteiger charge is -2.26. The molecule has 11 heavy (non-hydrogen) atoms. The average Bonchev–Trinajstić information content (AvgIpc) is 1.98. The molecule has 2 N–H and O–H groups in total. The van der Waals surface area contributed by atoms with Crippen LogP contribution in [-0.4, -0.2) is 36.4 Å². The molecule has 0 aromatic rings. The van der Waals surface area contributed by atoms with Crippen LogP contribution in [-0.2, 0) is 9.53 Å². The van der Waals surface area contributed by atoms with Crippen molar-refractivity contribution in [2.24, 2.45) is 0 Å². The number of hydrogen-bond donors (Lipinski definition) is 2. The van der Waals surface area contributed by atoms with E-state index in [4.69, 9.17) is 9.84 Å². The lowest BCUT2D eigenvalue weighted by molar-refractivity contribution is -0.139. The van der Waals surface area contributed by atoms with E-state index < -0.39 is 0 Å². The van der Waals surface area contributed by atoms with Gasteiger partial charge >= 0.3 is 0 Å². The van der Waals surface area contributed by atoms with Crippen LogP contribution >= 0.6 is 0 Å². The Morgan fingerprint density at radius 2 is 2.55 bits per heavy atom. The number of morpholine rings is 1. The Labute approximate surface area is 65.5 Å². The van der Waals surface area contributed by atoms with E-state index in [0.29, 0.717) is 13.0 Å². The van der Waals surface area contributed by atoms with Gasteiger partial charge in [-0.25, -0.2) is 0 Å². The number of amides is 1. The van der Waals surface area contributed by atoms with Gasteiger partial charge in [0.15, 0.2) is 0 Å². The van der Waals surface area contributed by atoms with Crippen LogP contribution in [0.5, 0.6) is 0 Å². The van der Waals surface area contributed by atoms with Crippen molar-refractivity contribution in [1.82, 2.24) is 5.32 Å². The molecule has 0 bridgehead atoms. The van der Waals surface area contributed by atoms with Gasteiger partial charge in [-0.15, -0.1) is 0 Å². The van der Waals surface area contributed by atoms with Crippen molar-refractivity contribution < 1.29 is 14.6 Å². The first kappa shape index (κ1) is 8.49. The van der Waals surface area contributed by atoms with Crippen molar-refractivity contribution in [2.45, 2.75) is 25.5 Å². The van der Waals surface area contributed by atoms with Gasteiger partial charge in [0.05, 0.1) is 12.6 Å². The lowest BCUT2D eigenvalue weighted by atomic mass is 10.2. The second-order valence-electron chi connectivity index (χ2n) is 2.69. The molecule has 4 nitrogen and oxygen atoms in total. The number of rotatable bonds is 2. The zero-order valence-corrected chi connectivity index (χ0v) is 6.54. The van der Waals surface area contributed by atoms with Gasteiger partial charge in [-0.05, 0) is 13.3 Å². The summed E-state index contributed by atoms with van der Waals surface area (Å²) in [7, 11) is 0. The molecule has 1 aliphatic rings. The van der Waals surface area contributed by atoms with Gasteiger partial charge < -0.3 is 15.2 Å². The number of aliphatic hydroxyl groups excluding tert-OH is 1. The predicted molar refractivity (Wildman–Crippen MR) is 39.0 cm³/mol. The van der Waals surface area contributed by atoms with Gasteiger partial charge in [0, 0.05) is 6.61 Å². The van der Waals surface area contributed by atoms with Gasteiger partial charge in [-0.2, -0.15) is 0 Å². The summed E-state index contributed by atoms with van der Waals surface area (Å²) < 4.78 is 5.13. The zero-order chi connectivity index (χ0) is 8.27. The maximum atomic E-state index is 11.0. The van der Waals surface area contributed by atoms with Crippen LogP contribution < -0.4 is 5.32 Å². The standard InChI is InChI=1S/C7H13NO3/c1-5-7(10)8-6(2-3-9)4-11-5/h5-6,9H,2-4H2,1H3,(H,8,10). The topological polar surface area (TPSA) is 58.6 Å². The van der Waals surface area contributed by atoms with Crippen LogP contribution in [0.1, 0.15) is 13.3 Å². The molecule has 0 aliphatic carbocycles. The molecule has 1 saturated heterocycles. The average molecular weight is 159 g/mol. The predicted octanol–water partition coefficient (Wildman–Crippen LogP) is -0.728. The molecule has 0 radical (unpaired) electrons. The highest BCUT2D eigenvalue weighted by molar-refractivity contribution is 5.81. The molecular formula is C7H13NO3. The normalized spacial score (nSPS) is 31.6. The van der Waals surface area contributed by atoms with Crippen molar-refractivity contribution in [1.29, 1.82) is 0 Å². The Morgan fingerprint density at radius 3 is 3.09 bits per heavy atom. The Kier molecular flexibility index (Phi) is 2.84. The minimum atomic E-state index is -0.343. The molecule has 64 valence electrons. The van der Waals surface area contributed by atoms with Gasteiger partial charge in [0.1, 0.15) is 6.10 Å². The van der Waals surface area contributed by atoms with Crippen LogP contribution in [0, 0.1) is 0 Å². The highest BCUT2D eigenvalue weighted by atomic mass is 16.5. The third-order valence-corrected chi connectivity index (χ3v) is 1.74. The van der Waals surface area contributed by atoms with Crippen molar-refractivity contribution in [3.05, 3.63) is 0 Å². The largest absolute Gasteiger partial charge is 0.396 e. The highest BCUT2D eigenvalue weighted by Crippen LogP contribution is 2.03. The minimum absolute atomic E-state index is 0.0105. The van der Waals surface area contributed by atoms with Crippen LogP contribution in [0.3, 0.4) is 0 Å². The van der Waals surface area contributed by atoms with Crippen LogP contribution in [0.4, 0.5) is 0 Å². The summed E-state index contributed by atoms with van der Waals surface area (Å²) in [6, 6.07) is -0.0105. The maximum Gasteiger partial charge on any atom is 0.249 e. The first-order valence-electron chi connectivity index (χ1n) is 3.77. The molecule has 1 rings (SSSR count). The molecule has 0 spiro atoms. The minimum Gasteiger partial charge on any atom is -0.396 e. The van der Waals surface area contributed by atoms with E-state index in [-0.39, 0.29) is 24.7 Å². The molecule has 2 atom stereocenters. The van der Waals surface area contributed by atoms with E-state index in [2.05, 4.69) is 5.32 Å². The number of carbonyl (C=O) groups excluding carboxylic acids is 1.